The van der Waals surface area contributed by atoms with E-state index in [0.717, 1.165) is 0 Å². The third-order valence-electron chi connectivity index (χ3n) is 3.67. The van der Waals surface area contributed by atoms with Crippen molar-refractivity contribution in [2.24, 2.45) is 0 Å². The van der Waals surface area contributed by atoms with Crippen LogP contribution >= 0.6 is 0 Å². The fourth-order valence-corrected chi connectivity index (χ4v) is 3.22. The molecule has 104 valence electrons. The molecule has 0 spiro atoms. The highest BCUT2D eigenvalue weighted by Crippen LogP contribution is 2.38. The van der Waals surface area contributed by atoms with Gasteiger partial charge in [0.05, 0.1) is 6.10 Å². The highest BCUT2D eigenvalue weighted by atomic mass is 32.3. The lowest BCUT2D eigenvalue weighted by molar-refractivity contribution is -0.0561. The Morgan fingerprint density at radius 1 is 1.22 bits per heavy atom. The van der Waals surface area contributed by atoms with Crippen molar-refractivity contribution in [2.45, 2.75) is 57.7 Å². The number of nitrogens with zero attached hydrogens (tertiary/aromatic N) is 1. The third-order valence-corrected chi connectivity index (χ3v) is 4.48. The summed E-state index contributed by atoms with van der Waals surface area (Å²) < 4.78 is 32.0. The molecule has 1 saturated heterocycles. The highest BCUT2D eigenvalue weighted by molar-refractivity contribution is 7.82. The minimum atomic E-state index is -4.10. The lowest BCUT2D eigenvalue weighted by Gasteiger charge is -2.52. The Balaban J connectivity index is 2.86. The van der Waals surface area contributed by atoms with Crippen LogP contribution in [-0.2, 0) is 18.8 Å². The molecule has 6 heteroatoms. The van der Waals surface area contributed by atoms with Gasteiger partial charge in [0.1, 0.15) is 6.11 Å². The molecule has 0 aliphatic carbocycles. The fraction of sp³-hybridized carbons (Fsp3) is 0.833. The summed E-state index contributed by atoms with van der Waals surface area (Å²) in [6.07, 6.45) is 7.20. The van der Waals surface area contributed by atoms with E-state index in [9.17, 15) is 8.42 Å². The lowest BCUT2D eigenvalue weighted by atomic mass is 9.79. The van der Waals surface area contributed by atoms with Gasteiger partial charge in [0.2, 0.25) is 0 Å². The van der Waals surface area contributed by atoms with E-state index in [4.69, 9.17) is 10.6 Å². The molecule has 0 saturated carbocycles. The zero-order valence-electron chi connectivity index (χ0n) is 11.6. The molecule has 1 fully saturated rings. The predicted molar refractivity (Wildman–Crippen MR) is 68.9 cm³/mol. The van der Waals surface area contributed by atoms with Gasteiger partial charge in [-0.05, 0) is 47.6 Å². The Labute approximate surface area is 110 Å². The Morgan fingerprint density at radius 2 is 1.67 bits per heavy atom. The molecule has 1 heterocycles. The van der Waals surface area contributed by atoms with Crippen molar-refractivity contribution in [3.8, 4) is 12.5 Å². The molecule has 0 atom stereocenters. The van der Waals surface area contributed by atoms with Crippen LogP contribution in [0.3, 0.4) is 0 Å². The second kappa shape index (κ2) is 4.72. The van der Waals surface area contributed by atoms with Gasteiger partial charge in [0.15, 0.2) is 0 Å². The summed E-state index contributed by atoms with van der Waals surface area (Å²) in [6, 6.07) is 0. The summed E-state index contributed by atoms with van der Waals surface area (Å²) in [7, 11) is -2.07. The quantitative estimate of drug-likeness (QED) is 0.731. The van der Waals surface area contributed by atoms with Crippen LogP contribution in [0.1, 0.15) is 40.5 Å². The topological polar surface area (TPSA) is 55.8 Å². The van der Waals surface area contributed by atoms with Crippen LogP contribution in [0.5, 0.6) is 0 Å². The lowest BCUT2D eigenvalue weighted by Crippen LogP contribution is -2.60. The normalized spacial score (nSPS) is 24.4. The Hall–Kier alpha value is -0.770. The van der Waals surface area contributed by atoms with E-state index in [0.29, 0.717) is 12.8 Å². The van der Waals surface area contributed by atoms with Crippen molar-refractivity contribution in [2.75, 3.05) is 7.05 Å². The minimum absolute atomic E-state index is 0.155. The van der Waals surface area contributed by atoms with Crippen LogP contribution in [0.25, 0.3) is 0 Å². The summed E-state index contributed by atoms with van der Waals surface area (Å²) in [4.78, 5) is 2.23. The van der Waals surface area contributed by atoms with Gasteiger partial charge < -0.3 is 4.18 Å². The number of hydrogen-bond acceptors (Lipinski definition) is 5. The van der Waals surface area contributed by atoms with E-state index in [2.05, 4.69) is 36.8 Å². The predicted octanol–water partition coefficient (Wildman–Crippen LogP) is 1.51. The average Bonchev–Trinajstić information content (AvgIpc) is 2.11. The molecule has 0 radical (unpaired) electrons. The third kappa shape index (κ3) is 3.37. The first-order valence-corrected chi connectivity index (χ1v) is 7.15. The maximum atomic E-state index is 11.4. The number of terminal acetylenes is 1. The van der Waals surface area contributed by atoms with Gasteiger partial charge in [0, 0.05) is 11.1 Å². The van der Waals surface area contributed by atoms with Crippen molar-refractivity contribution in [3.63, 3.8) is 0 Å². The molecule has 1 aliphatic rings. The van der Waals surface area contributed by atoms with Gasteiger partial charge in [-0.25, -0.2) is 4.18 Å². The van der Waals surface area contributed by atoms with Crippen molar-refractivity contribution in [3.05, 3.63) is 0 Å². The minimum Gasteiger partial charge on any atom is -0.307 e. The summed E-state index contributed by atoms with van der Waals surface area (Å²) in [6.45, 7) is 8.22. The molecule has 0 unspecified atom stereocenters. The molecule has 1 aliphatic heterocycles. The Kier molecular flexibility index (Phi) is 4.01. The molecule has 0 aromatic heterocycles. The van der Waals surface area contributed by atoms with Gasteiger partial charge in [-0.3, -0.25) is 4.90 Å². The first-order chi connectivity index (χ1) is 8.00. The van der Waals surface area contributed by atoms with E-state index >= 15 is 0 Å². The molecule has 5 nitrogen and oxygen atoms in total. The smallest absolute Gasteiger partial charge is 0.307 e. The number of likely N-dealkylation sites (tertiary alicyclic amines) is 1. The molecule has 1 rings (SSSR count). The van der Waals surface area contributed by atoms with E-state index in [1.165, 1.54) is 0 Å². The Morgan fingerprint density at radius 3 is 2.06 bits per heavy atom. The molecule has 0 N–H and O–H groups in total. The molecule has 0 aromatic carbocycles. The van der Waals surface area contributed by atoms with E-state index in [-0.39, 0.29) is 11.1 Å². The van der Waals surface area contributed by atoms with Crippen LogP contribution in [0, 0.1) is 12.5 Å². The first kappa shape index (κ1) is 15.3. The van der Waals surface area contributed by atoms with Crippen LogP contribution < -0.4 is 0 Å². The SMILES string of the molecule is C#COS(=O)(=O)OC1CC(C)(C)N(C)C(C)(C)C1. The van der Waals surface area contributed by atoms with Gasteiger partial charge in [-0.15, -0.1) is 0 Å². The van der Waals surface area contributed by atoms with Crippen LogP contribution in [0.15, 0.2) is 0 Å². The number of piperidine rings is 1. The van der Waals surface area contributed by atoms with E-state index < -0.39 is 16.5 Å². The average molecular weight is 275 g/mol. The fourth-order valence-electron chi connectivity index (χ4n) is 2.59. The summed E-state index contributed by atoms with van der Waals surface area (Å²) in [5.74, 6) is 0. The van der Waals surface area contributed by atoms with Crippen molar-refractivity contribution in [1.82, 2.24) is 4.90 Å². The summed E-state index contributed by atoms with van der Waals surface area (Å²) in [5, 5.41) is 0. The summed E-state index contributed by atoms with van der Waals surface area (Å²) in [5.41, 5.74) is -0.309. The monoisotopic (exact) mass is 275 g/mol. The second-order valence-corrected chi connectivity index (χ2v) is 7.10. The molecule has 0 aromatic rings. The highest BCUT2D eigenvalue weighted by Gasteiger charge is 2.45. The molecular formula is C12H21NO4S. The van der Waals surface area contributed by atoms with Gasteiger partial charge in [0.25, 0.3) is 0 Å². The maximum Gasteiger partial charge on any atom is 0.457 e. The largest absolute Gasteiger partial charge is 0.457 e. The molecule has 0 bridgehead atoms. The zero-order valence-corrected chi connectivity index (χ0v) is 12.4. The van der Waals surface area contributed by atoms with E-state index in [1.54, 1.807) is 6.11 Å². The van der Waals surface area contributed by atoms with Crippen LogP contribution in [0.4, 0.5) is 0 Å². The molecule has 18 heavy (non-hydrogen) atoms. The summed E-state index contributed by atoms with van der Waals surface area (Å²) >= 11 is 0. The molecule has 0 amide bonds. The first-order valence-electron chi connectivity index (χ1n) is 5.81. The van der Waals surface area contributed by atoms with Crippen molar-refractivity contribution in [1.29, 1.82) is 0 Å². The van der Waals surface area contributed by atoms with Crippen LogP contribution in [-0.4, -0.2) is 37.5 Å². The zero-order chi connectivity index (χ0) is 14.2. The Bertz CT molecular complexity index is 429. The van der Waals surface area contributed by atoms with E-state index in [1.807, 2.05) is 7.05 Å². The maximum absolute atomic E-state index is 11.4. The standard InChI is InChI=1S/C12H21NO4S/c1-7-16-18(14,15)17-10-8-11(2,3)13(6)12(4,5)9-10/h1,10H,8-9H2,2-6H3. The molecular weight excluding hydrogens is 254 g/mol. The second-order valence-electron chi connectivity index (χ2n) is 5.92. The van der Waals surface area contributed by atoms with Crippen molar-refractivity contribution >= 4 is 10.4 Å². The number of hydrogen-bond donors (Lipinski definition) is 0. The van der Waals surface area contributed by atoms with Crippen molar-refractivity contribution < 1.29 is 16.8 Å². The number of rotatable bonds is 3. The van der Waals surface area contributed by atoms with Gasteiger partial charge >= 0.3 is 10.4 Å². The van der Waals surface area contributed by atoms with Crippen LogP contribution in [0.2, 0.25) is 0 Å². The van der Waals surface area contributed by atoms with Gasteiger partial charge in [-0.1, -0.05) is 6.42 Å². The van der Waals surface area contributed by atoms with Gasteiger partial charge in [-0.2, -0.15) is 8.42 Å².